The standard InChI is InChI=1S/C16H13N3O4/c1-23-11-5-2-9(3-6-11)14(20)17-10-4-7-12-13(8-10)16(22)19-18-15(12)21/h2-8H,1H3,(H,17,20)(H,18,21)(H,19,22). The Balaban J connectivity index is 1.91. The van der Waals surface area contributed by atoms with E-state index in [1.165, 1.54) is 12.1 Å². The van der Waals surface area contributed by atoms with Crippen molar-refractivity contribution in [2.24, 2.45) is 0 Å². The van der Waals surface area contributed by atoms with Gasteiger partial charge in [-0.1, -0.05) is 0 Å². The zero-order valence-electron chi connectivity index (χ0n) is 12.2. The van der Waals surface area contributed by atoms with E-state index in [0.717, 1.165) is 0 Å². The number of nitrogens with one attached hydrogen (secondary N) is 3. The van der Waals surface area contributed by atoms with Gasteiger partial charge in [-0.15, -0.1) is 0 Å². The van der Waals surface area contributed by atoms with Crippen molar-refractivity contribution in [3.8, 4) is 5.75 Å². The number of methoxy groups -OCH3 is 1. The largest absolute Gasteiger partial charge is 0.497 e. The second-order valence-electron chi connectivity index (χ2n) is 4.85. The van der Waals surface area contributed by atoms with Crippen LogP contribution in [0.3, 0.4) is 0 Å². The van der Waals surface area contributed by atoms with E-state index in [1.807, 2.05) is 0 Å². The molecule has 0 spiro atoms. The summed E-state index contributed by atoms with van der Waals surface area (Å²) in [6.07, 6.45) is 0. The monoisotopic (exact) mass is 311 g/mol. The van der Waals surface area contributed by atoms with Gasteiger partial charge in [0.1, 0.15) is 5.75 Å². The Hall–Kier alpha value is -3.35. The smallest absolute Gasteiger partial charge is 0.270 e. The first-order valence-corrected chi connectivity index (χ1v) is 6.78. The average Bonchev–Trinajstić information content (AvgIpc) is 2.58. The minimum atomic E-state index is -0.430. The zero-order valence-corrected chi connectivity index (χ0v) is 12.2. The van der Waals surface area contributed by atoms with Gasteiger partial charge in [-0.2, -0.15) is 0 Å². The molecule has 116 valence electrons. The Morgan fingerprint density at radius 2 is 1.61 bits per heavy atom. The second-order valence-corrected chi connectivity index (χ2v) is 4.85. The highest BCUT2D eigenvalue weighted by molar-refractivity contribution is 6.05. The van der Waals surface area contributed by atoms with Crippen LogP contribution in [0.2, 0.25) is 0 Å². The SMILES string of the molecule is COc1ccc(C(=O)Nc2ccc3c(=O)[nH][nH]c(=O)c3c2)cc1. The molecule has 1 heterocycles. The summed E-state index contributed by atoms with van der Waals surface area (Å²) >= 11 is 0. The van der Waals surface area contributed by atoms with Gasteiger partial charge in [0.05, 0.1) is 17.9 Å². The van der Waals surface area contributed by atoms with Crippen LogP contribution in [0.1, 0.15) is 10.4 Å². The molecular weight excluding hydrogens is 298 g/mol. The van der Waals surface area contributed by atoms with Crippen LogP contribution >= 0.6 is 0 Å². The van der Waals surface area contributed by atoms with E-state index in [2.05, 4.69) is 15.5 Å². The molecular formula is C16H13N3O4. The number of ether oxygens (including phenoxy) is 1. The summed E-state index contributed by atoms with van der Waals surface area (Å²) in [5, 5.41) is 7.65. The van der Waals surface area contributed by atoms with E-state index in [1.54, 1.807) is 37.4 Å². The molecule has 0 radical (unpaired) electrons. The number of aromatic amines is 2. The third-order valence-electron chi connectivity index (χ3n) is 3.41. The Labute approximate surface area is 129 Å². The Bertz CT molecular complexity index is 987. The zero-order chi connectivity index (χ0) is 16.4. The molecule has 2 aromatic carbocycles. The van der Waals surface area contributed by atoms with Gasteiger partial charge >= 0.3 is 0 Å². The Morgan fingerprint density at radius 3 is 2.26 bits per heavy atom. The van der Waals surface area contributed by atoms with Crippen LogP contribution in [0.25, 0.3) is 10.8 Å². The predicted molar refractivity (Wildman–Crippen MR) is 86.1 cm³/mol. The summed E-state index contributed by atoms with van der Waals surface area (Å²) in [6, 6.07) is 11.1. The van der Waals surface area contributed by atoms with Crippen molar-refractivity contribution in [2.75, 3.05) is 12.4 Å². The third-order valence-corrected chi connectivity index (χ3v) is 3.41. The van der Waals surface area contributed by atoms with Crippen LogP contribution in [0.5, 0.6) is 5.75 Å². The number of benzene rings is 2. The second kappa shape index (κ2) is 5.80. The maximum absolute atomic E-state index is 12.2. The van der Waals surface area contributed by atoms with Crippen molar-refractivity contribution in [2.45, 2.75) is 0 Å². The van der Waals surface area contributed by atoms with Gasteiger partial charge in [0.2, 0.25) is 0 Å². The molecule has 0 aliphatic heterocycles. The first-order chi connectivity index (χ1) is 11.1. The van der Waals surface area contributed by atoms with Gasteiger partial charge in [0.25, 0.3) is 17.0 Å². The lowest BCUT2D eigenvalue weighted by molar-refractivity contribution is 0.102. The van der Waals surface area contributed by atoms with E-state index in [0.29, 0.717) is 17.0 Å². The van der Waals surface area contributed by atoms with Crippen molar-refractivity contribution in [3.05, 3.63) is 68.7 Å². The van der Waals surface area contributed by atoms with Gasteiger partial charge in [-0.3, -0.25) is 24.6 Å². The number of hydrogen-bond donors (Lipinski definition) is 3. The molecule has 0 atom stereocenters. The normalized spacial score (nSPS) is 10.5. The number of H-pyrrole nitrogens is 2. The number of amides is 1. The highest BCUT2D eigenvalue weighted by Crippen LogP contribution is 2.16. The topological polar surface area (TPSA) is 104 Å². The molecule has 3 N–H and O–H groups in total. The molecule has 23 heavy (non-hydrogen) atoms. The van der Waals surface area contributed by atoms with Crippen molar-refractivity contribution in [1.82, 2.24) is 10.2 Å². The molecule has 3 aromatic rings. The molecule has 0 saturated heterocycles. The number of carbonyl (C=O) groups is 1. The molecule has 1 aromatic heterocycles. The van der Waals surface area contributed by atoms with Crippen molar-refractivity contribution in [1.29, 1.82) is 0 Å². The molecule has 7 heteroatoms. The number of carbonyl (C=O) groups excluding carboxylic acids is 1. The first-order valence-electron chi connectivity index (χ1n) is 6.78. The van der Waals surface area contributed by atoms with E-state index in [9.17, 15) is 14.4 Å². The number of rotatable bonds is 3. The quantitative estimate of drug-likeness (QED) is 0.681. The third kappa shape index (κ3) is 2.84. The number of fused-ring (bicyclic) bond motifs is 1. The van der Waals surface area contributed by atoms with Crippen LogP contribution in [0.4, 0.5) is 5.69 Å². The number of anilines is 1. The van der Waals surface area contributed by atoms with Crippen LogP contribution in [-0.4, -0.2) is 23.2 Å². The summed E-state index contributed by atoms with van der Waals surface area (Å²) < 4.78 is 5.04. The minimum absolute atomic E-state index is 0.210. The lowest BCUT2D eigenvalue weighted by Crippen LogP contribution is -2.19. The van der Waals surface area contributed by atoms with Crippen molar-refractivity contribution < 1.29 is 9.53 Å². The minimum Gasteiger partial charge on any atom is -0.497 e. The van der Waals surface area contributed by atoms with E-state index in [-0.39, 0.29) is 16.7 Å². The molecule has 1 amide bonds. The van der Waals surface area contributed by atoms with Gasteiger partial charge in [0, 0.05) is 11.3 Å². The average molecular weight is 311 g/mol. The molecule has 0 aliphatic carbocycles. The van der Waals surface area contributed by atoms with E-state index >= 15 is 0 Å². The maximum Gasteiger partial charge on any atom is 0.270 e. The lowest BCUT2D eigenvalue weighted by atomic mass is 10.1. The van der Waals surface area contributed by atoms with Crippen LogP contribution in [-0.2, 0) is 0 Å². The summed E-state index contributed by atoms with van der Waals surface area (Å²) in [6.45, 7) is 0. The summed E-state index contributed by atoms with van der Waals surface area (Å²) in [7, 11) is 1.55. The molecule has 7 nitrogen and oxygen atoms in total. The predicted octanol–water partition coefficient (Wildman–Crippen LogP) is 1.48. The van der Waals surface area contributed by atoms with Gasteiger partial charge in [0.15, 0.2) is 0 Å². The summed E-state index contributed by atoms with van der Waals surface area (Å²) in [5.41, 5.74) is 0.0490. The summed E-state index contributed by atoms with van der Waals surface area (Å²) in [5.74, 6) is 0.325. The fourth-order valence-corrected chi connectivity index (χ4v) is 2.20. The highest BCUT2D eigenvalue weighted by atomic mass is 16.5. The molecule has 0 fully saturated rings. The Morgan fingerprint density at radius 1 is 0.957 bits per heavy atom. The van der Waals surface area contributed by atoms with E-state index < -0.39 is 11.1 Å². The van der Waals surface area contributed by atoms with E-state index in [4.69, 9.17) is 4.74 Å². The highest BCUT2D eigenvalue weighted by Gasteiger charge is 2.09. The molecule has 0 saturated carbocycles. The number of aromatic nitrogens is 2. The van der Waals surface area contributed by atoms with Crippen LogP contribution in [0, 0.1) is 0 Å². The summed E-state index contributed by atoms with van der Waals surface area (Å²) in [4.78, 5) is 35.6. The molecule has 0 bridgehead atoms. The maximum atomic E-state index is 12.2. The van der Waals surface area contributed by atoms with Crippen molar-refractivity contribution >= 4 is 22.4 Å². The van der Waals surface area contributed by atoms with Crippen LogP contribution < -0.4 is 21.2 Å². The fourth-order valence-electron chi connectivity index (χ4n) is 2.20. The molecule has 3 rings (SSSR count). The fraction of sp³-hybridized carbons (Fsp3) is 0.0625. The molecule has 0 aliphatic rings. The first kappa shape index (κ1) is 14.6. The number of hydrogen-bond acceptors (Lipinski definition) is 4. The van der Waals surface area contributed by atoms with Gasteiger partial charge in [-0.05, 0) is 42.5 Å². The van der Waals surface area contributed by atoms with Crippen LogP contribution in [0.15, 0.2) is 52.1 Å². The van der Waals surface area contributed by atoms with Crippen molar-refractivity contribution in [3.63, 3.8) is 0 Å². The molecule has 0 unspecified atom stereocenters. The lowest BCUT2D eigenvalue weighted by Gasteiger charge is -2.07. The van der Waals surface area contributed by atoms with Gasteiger partial charge < -0.3 is 10.1 Å². The van der Waals surface area contributed by atoms with Gasteiger partial charge in [-0.25, -0.2) is 0 Å². The Kier molecular flexibility index (Phi) is 3.68.